The van der Waals surface area contributed by atoms with Crippen molar-refractivity contribution in [3.8, 4) is 5.69 Å². The summed E-state index contributed by atoms with van der Waals surface area (Å²) in [5.74, 6) is 1.14. The van der Waals surface area contributed by atoms with E-state index in [1.165, 1.54) is 30.2 Å². The maximum absolute atomic E-state index is 11.8. The second kappa shape index (κ2) is 6.30. The Hall–Kier alpha value is -1.82. The van der Waals surface area contributed by atoms with Crippen molar-refractivity contribution < 1.29 is 4.79 Å². The first kappa shape index (κ1) is 14.1. The maximum Gasteiger partial charge on any atom is 0.230 e. The Morgan fingerprint density at radius 2 is 2.14 bits per heavy atom. The fraction of sp³-hybridized carbons (Fsp3) is 0.400. The molecule has 3 rings (SSSR count). The summed E-state index contributed by atoms with van der Waals surface area (Å²) in [6, 6.07) is 8.14. The van der Waals surface area contributed by atoms with Crippen molar-refractivity contribution in [3.63, 3.8) is 0 Å². The van der Waals surface area contributed by atoms with Crippen molar-refractivity contribution in [3.05, 3.63) is 36.2 Å². The van der Waals surface area contributed by atoms with Gasteiger partial charge in [0, 0.05) is 12.2 Å². The van der Waals surface area contributed by atoms with Crippen LogP contribution < -0.4 is 5.32 Å². The van der Waals surface area contributed by atoms with Crippen LogP contribution in [0.2, 0.25) is 0 Å². The van der Waals surface area contributed by atoms with E-state index in [2.05, 4.69) is 22.4 Å². The summed E-state index contributed by atoms with van der Waals surface area (Å²) in [7, 11) is 0. The molecule has 0 bridgehead atoms. The summed E-state index contributed by atoms with van der Waals surface area (Å²) in [6.45, 7) is 2.86. The molecule has 0 unspecified atom stereocenters. The average molecular weight is 302 g/mol. The lowest BCUT2D eigenvalue weighted by atomic mass is 10.2. The Morgan fingerprint density at radius 3 is 2.86 bits per heavy atom. The smallest absolute Gasteiger partial charge is 0.230 e. The van der Waals surface area contributed by atoms with Gasteiger partial charge in [0.2, 0.25) is 5.91 Å². The van der Waals surface area contributed by atoms with Crippen LogP contribution in [-0.4, -0.2) is 33.0 Å². The molecule has 2 aromatic rings. The highest BCUT2D eigenvalue weighted by atomic mass is 32.2. The third-order valence-electron chi connectivity index (χ3n) is 3.45. The number of rotatable bonds is 6. The van der Waals surface area contributed by atoms with Gasteiger partial charge >= 0.3 is 0 Å². The zero-order valence-electron chi connectivity index (χ0n) is 12.0. The molecule has 1 heterocycles. The molecule has 0 saturated heterocycles. The molecule has 1 N–H and O–H groups in total. The van der Waals surface area contributed by atoms with Crippen molar-refractivity contribution in [2.24, 2.45) is 5.92 Å². The summed E-state index contributed by atoms with van der Waals surface area (Å²) in [6.07, 6.45) is 4.17. The van der Waals surface area contributed by atoms with E-state index in [1.807, 2.05) is 28.8 Å². The van der Waals surface area contributed by atoms with Crippen molar-refractivity contribution in [1.29, 1.82) is 0 Å². The van der Waals surface area contributed by atoms with Gasteiger partial charge in [-0.3, -0.25) is 9.36 Å². The van der Waals surface area contributed by atoms with Gasteiger partial charge in [-0.15, -0.1) is 10.2 Å². The highest BCUT2D eigenvalue weighted by molar-refractivity contribution is 7.99. The summed E-state index contributed by atoms with van der Waals surface area (Å²) < 4.78 is 1.90. The van der Waals surface area contributed by atoms with Crippen LogP contribution >= 0.6 is 11.8 Å². The van der Waals surface area contributed by atoms with E-state index in [0.29, 0.717) is 11.7 Å². The summed E-state index contributed by atoms with van der Waals surface area (Å²) >= 11 is 1.41. The minimum absolute atomic E-state index is 0.0605. The number of aryl methyl sites for hydroxylation is 1. The second-order valence-electron chi connectivity index (χ2n) is 5.36. The molecule has 5 nitrogen and oxygen atoms in total. The van der Waals surface area contributed by atoms with E-state index in [9.17, 15) is 4.79 Å². The molecule has 1 aromatic carbocycles. The van der Waals surface area contributed by atoms with Crippen molar-refractivity contribution in [2.45, 2.75) is 24.9 Å². The molecule has 1 aliphatic carbocycles. The number of carbonyl (C=O) groups excluding carboxylic acids is 1. The van der Waals surface area contributed by atoms with E-state index in [1.54, 1.807) is 6.33 Å². The van der Waals surface area contributed by atoms with E-state index < -0.39 is 0 Å². The van der Waals surface area contributed by atoms with E-state index in [4.69, 9.17) is 0 Å². The van der Waals surface area contributed by atoms with Gasteiger partial charge in [0.1, 0.15) is 6.33 Å². The third-order valence-corrected chi connectivity index (χ3v) is 4.39. The van der Waals surface area contributed by atoms with Gasteiger partial charge in [-0.1, -0.05) is 29.5 Å². The van der Waals surface area contributed by atoms with E-state index in [0.717, 1.165) is 17.4 Å². The molecule has 1 aromatic heterocycles. The van der Waals surface area contributed by atoms with Gasteiger partial charge in [-0.05, 0) is 37.8 Å². The summed E-state index contributed by atoms with van der Waals surface area (Å²) in [4.78, 5) is 11.8. The molecule has 0 spiro atoms. The molecule has 0 atom stereocenters. The van der Waals surface area contributed by atoms with Crippen molar-refractivity contribution in [1.82, 2.24) is 20.1 Å². The Morgan fingerprint density at radius 1 is 1.38 bits per heavy atom. The largest absolute Gasteiger partial charge is 0.355 e. The van der Waals surface area contributed by atoms with Crippen LogP contribution in [0.3, 0.4) is 0 Å². The number of benzene rings is 1. The molecule has 1 aliphatic rings. The normalized spacial score (nSPS) is 14.1. The lowest BCUT2D eigenvalue weighted by Crippen LogP contribution is -2.27. The van der Waals surface area contributed by atoms with Gasteiger partial charge in [-0.2, -0.15) is 0 Å². The SMILES string of the molecule is Cc1ccc(-n2cnnc2SCC(=O)NCC2CC2)cc1. The maximum atomic E-state index is 11.8. The molecule has 1 fully saturated rings. The molecule has 0 aliphatic heterocycles. The first-order valence-electron chi connectivity index (χ1n) is 7.09. The quantitative estimate of drug-likeness (QED) is 0.831. The first-order chi connectivity index (χ1) is 10.2. The monoisotopic (exact) mass is 302 g/mol. The number of hydrogen-bond acceptors (Lipinski definition) is 4. The highest BCUT2D eigenvalue weighted by Gasteiger charge is 2.21. The van der Waals surface area contributed by atoms with Gasteiger partial charge in [0.25, 0.3) is 0 Å². The molecule has 0 radical (unpaired) electrons. The van der Waals surface area contributed by atoms with Gasteiger partial charge in [-0.25, -0.2) is 0 Å². The predicted octanol–water partition coefficient (Wildman–Crippen LogP) is 2.19. The van der Waals surface area contributed by atoms with Crippen LogP contribution in [0.1, 0.15) is 18.4 Å². The molecule has 6 heteroatoms. The van der Waals surface area contributed by atoms with Gasteiger partial charge < -0.3 is 5.32 Å². The Kier molecular flexibility index (Phi) is 4.24. The zero-order chi connectivity index (χ0) is 14.7. The molecular formula is C15H18N4OS. The summed E-state index contributed by atoms with van der Waals surface area (Å²) in [5.41, 5.74) is 2.21. The third kappa shape index (κ3) is 3.85. The van der Waals surface area contributed by atoms with Crippen LogP contribution in [0.5, 0.6) is 0 Å². The lowest BCUT2D eigenvalue weighted by Gasteiger charge is -2.07. The fourth-order valence-corrected chi connectivity index (χ4v) is 2.73. The number of aromatic nitrogens is 3. The molecular weight excluding hydrogens is 284 g/mol. The summed E-state index contributed by atoms with van der Waals surface area (Å²) in [5, 5.41) is 11.7. The van der Waals surface area contributed by atoms with Crippen molar-refractivity contribution in [2.75, 3.05) is 12.3 Å². The minimum atomic E-state index is 0.0605. The Labute approximate surface area is 128 Å². The number of nitrogens with zero attached hydrogens (tertiary/aromatic N) is 3. The number of hydrogen-bond donors (Lipinski definition) is 1. The number of carbonyl (C=O) groups is 1. The van der Waals surface area contributed by atoms with Crippen LogP contribution in [0.15, 0.2) is 35.7 Å². The van der Waals surface area contributed by atoms with Crippen LogP contribution in [0.25, 0.3) is 5.69 Å². The van der Waals surface area contributed by atoms with Crippen molar-refractivity contribution >= 4 is 17.7 Å². The zero-order valence-corrected chi connectivity index (χ0v) is 12.8. The van der Waals surface area contributed by atoms with Gasteiger partial charge in [0.15, 0.2) is 5.16 Å². The molecule has 110 valence electrons. The van der Waals surface area contributed by atoms with Crippen LogP contribution in [0, 0.1) is 12.8 Å². The highest BCUT2D eigenvalue weighted by Crippen LogP contribution is 2.27. The Balaban J connectivity index is 1.59. The van der Waals surface area contributed by atoms with Crippen LogP contribution in [-0.2, 0) is 4.79 Å². The number of nitrogens with one attached hydrogen (secondary N) is 1. The van der Waals surface area contributed by atoms with Crippen LogP contribution in [0.4, 0.5) is 0 Å². The fourth-order valence-electron chi connectivity index (χ4n) is 1.97. The second-order valence-corrected chi connectivity index (χ2v) is 6.30. The molecule has 21 heavy (non-hydrogen) atoms. The predicted molar refractivity (Wildman–Crippen MR) is 82.6 cm³/mol. The van der Waals surface area contributed by atoms with Gasteiger partial charge in [0.05, 0.1) is 5.75 Å². The molecule has 1 amide bonds. The Bertz CT molecular complexity index is 619. The first-order valence-corrected chi connectivity index (χ1v) is 8.07. The van der Waals surface area contributed by atoms with E-state index >= 15 is 0 Å². The van der Waals surface area contributed by atoms with E-state index in [-0.39, 0.29) is 5.91 Å². The topological polar surface area (TPSA) is 59.8 Å². The standard InChI is InChI=1S/C15H18N4OS/c1-11-2-6-13(7-3-11)19-10-17-18-15(19)21-9-14(20)16-8-12-4-5-12/h2-3,6-7,10,12H,4-5,8-9H2,1H3,(H,16,20). The number of amides is 1. The number of thioether (sulfide) groups is 1. The lowest BCUT2D eigenvalue weighted by molar-refractivity contribution is -0.118. The molecule has 1 saturated carbocycles. The minimum Gasteiger partial charge on any atom is -0.355 e. The average Bonchev–Trinajstić information content (AvgIpc) is 3.20.